The van der Waals surface area contributed by atoms with Gasteiger partial charge in [0.25, 0.3) is 0 Å². The van der Waals surface area contributed by atoms with Gasteiger partial charge in [0.2, 0.25) is 5.91 Å². The summed E-state index contributed by atoms with van der Waals surface area (Å²) < 4.78 is 5.94. The van der Waals surface area contributed by atoms with Gasteiger partial charge in [0, 0.05) is 11.9 Å². The standard InChI is InChI=1S/C21H23NO2/c1-2-3-12-18(20-14-17-11-7-8-13-19(17)24-20)21(23)22-15-16-9-5-4-6-10-16/h4-11,13-14,18H,2-3,12,15H2,1H3,(H,22,23). The van der Waals surface area contributed by atoms with Crippen LogP contribution in [0.25, 0.3) is 11.0 Å². The Labute approximate surface area is 142 Å². The van der Waals surface area contributed by atoms with Crippen LogP contribution in [0.4, 0.5) is 0 Å². The zero-order chi connectivity index (χ0) is 16.8. The molecule has 0 bridgehead atoms. The zero-order valence-corrected chi connectivity index (χ0v) is 14.0. The van der Waals surface area contributed by atoms with Crippen LogP contribution >= 0.6 is 0 Å². The first kappa shape index (κ1) is 16.3. The quantitative estimate of drug-likeness (QED) is 0.663. The molecule has 0 aliphatic rings. The van der Waals surface area contributed by atoms with E-state index < -0.39 is 0 Å². The smallest absolute Gasteiger partial charge is 0.231 e. The molecule has 2 aromatic carbocycles. The Kier molecular flexibility index (Phi) is 5.32. The maximum absolute atomic E-state index is 12.7. The summed E-state index contributed by atoms with van der Waals surface area (Å²) in [5.74, 6) is 0.558. The summed E-state index contributed by atoms with van der Waals surface area (Å²) in [6, 6.07) is 19.9. The summed E-state index contributed by atoms with van der Waals surface area (Å²) in [5, 5.41) is 4.10. The third kappa shape index (κ3) is 3.85. The van der Waals surface area contributed by atoms with Crippen molar-refractivity contribution in [1.82, 2.24) is 5.32 Å². The van der Waals surface area contributed by atoms with Gasteiger partial charge < -0.3 is 9.73 Å². The molecule has 0 aliphatic heterocycles. The van der Waals surface area contributed by atoms with Gasteiger partial charge in [0.1, 0.15) is 11.3 Å². The van der Waals surface area contributed by atoms with Gasteiger partial charge in [-0.2, -0.15) is 0 Å². The summed E-state index contributed by atoms with van der Waals surface area (Å²) in [6.45, 7) is 2.68. The Morgan fingerprint density at radius 1 is 1.08 bits per heavy atom. The fourth-order valence-corrected chi connectivity index (χ4v) is 2.89. The maximum atomic E-state index is 12.7. The van der Waals surface area contributed by atoms with E-state index in [1.54, 1.807) is 0 Å². The van der Waals surface area contributed by atoms with Crippen molar-refractivity contribution in [2.75, 3.05) is 0 Å². The molecule has 3 aromatic rings. The van der Waals surface area contributed by atoms with Crippen LogP contribution in [0.1, 0.15) is 43.4 Å². The number of carbonyl (C=O) groups excluding carboxylic acids is 1. The van der Waals surface area contributed by atoms with E-state index in [1.165, 1.54) is 0 Å². The molecule has 0 fully saturated rings. The van der Waals surface area contributed by atoms with Crippen molar-refractivity contribution in [2.24, 2.45) is 0 Å². The second kappa shape index (κ2) is 7.82. The van der Waals surface area contributed by atoms with E-state index in [-0.39, 0.29) is 11.8 Å². The first-order valence-corrected chi connectivity index (χ1v) is 8.58. The molecule has 3 heteroatoms. The molecule has 1 amide bonds. The number of rotatable bonds is 7. The average molecular weight is 321 g/mol. The Hall–Kier alpha value is -2.55. The molecule has 1 atom stereocenters. The van der Waals surface area contributed by atoms with E-state index in [0.717, 1.165) is 41.6 Å². The monoisotopic (exact) mass is 321 g/mol. The van der Waals surface area contributed by atoms with Gasteiger partial charge in [-0.15, -0.1) is 0 Å². The predicted molar refractivity (Wildman–Crippen MR) is 96.8 cm³/mol. The lowest BCUT2D eigenvalue weighted by Crippen LogP contribution is -2.28. The number of hydrogen-bond acceptors (Lipinski definition) is 2. The minimum Gasteiger partial charge on any atom is -0.460 e. The molecule has 1 aromatic heterocycles. The van der Waals surface area contributed by atoms with Crippen LogP contribution in [0.5, 0.6) is 0 Å². The number of para-hydroxylation sites is 1. The Balaban J connectivity index is 1.76. The van der Waals surface area contributed by atoms with Crippen molar-refractivity contribution >= 4 is 16.9 Å². The van der Waals surface area contributed by atoms with Gasteiger partial charge in [0.15, 0.2) is 0 Å². The molecule has 124 valence electrons. The summed E-state index contributed by atoms with van der Waals surface area (Å²) in [5.41, 5.74) is 1.94. The molecule has 1 heterocycles. The number of furan rings is 1. The van der Waals surface area contributed by atoms with E-state index in [9.17, 15) is 4.79 Å². The van der Waals surface area contributed by atoms with Gasteiger partial charge >= 0.3 is 0 Å². The normalized spacial score (nSPS) is 12.2. The third-order valence-electron chi connectivity index (χ3n) is 4.26. The minimum absolute atomic E-state index is 0.0337. The molecule has 1 N–H and O–H groups in total. The van der Waals surface area contributed by atoms with Crippen molar-refractivity contribution in [3.63, 3.8) is 0 Å². The molecule has 0 saturated heterocycles. The topological polar surface area (TPSA) is 42.2 Å². The lowest BCUT2D eigenvalue weighted by atomic mass is 9.98. The van der Waals surface area contributed by atoms with E-state index in [1.807, 2.05) is 60.7 Å². The number of fused-ring (bicyclic) bond motifs is 1. The Morgan fingerprint density at radius 3 is 2.58 bits per heavy atom. The SMILES string of the molecule is CCCCC(C(=O)NCc1ccccc1)c1cc2ccccc2o1. The van der Waals surface area contributed by atoms with E-state index >= 15 is 0 Å². The van der Waals surface area contributed by atoms with Crippen LogP contribution in [-0.2, 0) is 11.3 Å². The molecule has 3 nitrogen and oxygen atoms in total. The lowest BCUT2D eigenvalue weighted by Gasteiger charge is -2.14. The number of amides is 1. The summed E-state index contributed by atoms with van der Waals surface area (Å²) >= 11 is 0. The van der Waals surface area contributed by atoms with Crippen LogP contribution < -0.4 is 5.32 Å². The van der Waals surface area contributed by atoms with Gasteiger partial charge in [-0.25, -0.2) is 0 Å². The predicted octanol–water partition coefficient (Wildman–Crippen LogP) is 5.02. The third-order valence-corrected chi connectivity index (χ3v) is 4.26. The summed E-state index contributed by atoms with van der Waals surface area (Å²) in [7, 11) is 0. The van der Waals surface area contributed by atoms with Crippen molar-refractivity contribution in [3.05, 3.63) is 72.0 Å². The first-order chi connectivity index (χ1) is 11.8. The highest BCUT2D eigenvalue weighted by atomic mass is 16.3. The molecule has 0 saturated carbocycles. The van der Waals surface area contributed by atoms with Crippen LogP contribution in [0.15, 0.2) is 65.1 Å². The largest absolute Gasteiger partial charge is 0.460 e. The highest BCUT2D eigenvalue weighted by molar-refractivity contribution is 5.85. The Morgan fingerprint density at radius 2 is 1.83 bits per heavy atom. The zero-order valence-electron chi connectivity index (χ0n) is 14.0. The molecule has 3 rings (SSSR count). The molecular weight excluding hydrogens is 298 g/mol. The number of benzene rings is 2. The van der Waals surface area contributed by atoms with Crippen LogP contribution in [0.3, 0.4) is 0 Å². The molecule has 1 unspecified atom stereocenters. The van der Waals surface area contributed by atoms with Crippen LogP contribution in [0, 0.1) is 0 Å². The molecule has 0 aliphatic carbocycles. The van der Waals surface area contributed by atoms with Gasteiger partial charge in [-0.3, -0.25) is 4.79 Å². The number of unbranched alkanes of at least 4 members (excludes halogenated alkanes) is 1. The van der Waals surface area contributed by atoms with Crippen molar-refractivity contribution in [2.45, 2.75) is 38.6 Å². The second-order valence-corrected chi connectivity index (χ2v) is 6.08. The average Bonchev–Trinajstić information content (AvgIpc) is 3.05. The maximum Gasteiger partial charge on any atom is 0.231 e. The number of carbonyl (C=O) groups is 1. The van der Waals surface area contributed by atoms with Crippen molar-refractivity contribution in [3.8, 4) is 0 Å². The molecule has 24 heavy (non-hydrogen) atoms. The first-order valence-electron chi connectivity index (χ1n) is 8.58. The molecular formula is C21H23NO2. The minimum atomic E-state index is -0.235. The molecule has 0 spiro atoms. The highest BCUT2D eigenvalue weighted by Gasteiger charge is 2.23. The second-order valence-electron chi connectivity index (χ2n) is 6.08. The van der Waals surface area contributed by atoms with Gasteiger partial charge in [-0.1, -0.05) is 68.3 Å². The number of hydrogen-bond donors (Lipinski definition) is 1. The lowest BCUT2D eigenvalue weighted by molar-refractivity contribution is -0.123. The van der Waals surface area contributed by atoms with Crippen molar-refractivity contribution in [1.29, 1.82) is 0 Å². The van der Waals surface area contributed by atoms with E-state index in [4.69, 9.17) is 4.42 Å². The van der Waals surface area contributed by atoms with Crippen LogP contribution in [0.2, 0.25) is 0 Å². The summed E-state index contributed by atoms with van der Waals surface area (Å²) in [6.07, 6.45) is 2.86. The number of nitrogens with one attached hydrogen (secondary N) is 1. The Bertz CT molecular complexity index is 759. The van der Waals surface area contributed by atoms with Crippen molar-refractivity contribution < 1.29 is 9.21 Å². The summed E-state index contributed by atoms with van der Waals surface area (Å²) in [4.78, 5) is 12.7. The fourth-order valence-electron chi connectivity index (χ4n) is 2.89. The van der Waals surface area contributed by atoms with E-state index in [0.29, 0.717) is 6.54 Å². The van der Waals surface area contributed by atoms with Gasteiger partial charge in [0.05, 0.1) is 5.92 Å². The van der Waals surface area contributed by atoms with Gasteiger partial charge in [-0.05, 0) is 24.1 Å². The highest BCUT2D eigenvalue weighted by Crippen LogP contribution is 2.28. The fraction of sp³-hybridized carbons (Fsp3) is 0.286. The molecule has 0 radical (unpaired) electrons. The van der Waals surface area contributed by atoms with Crippen LogP contribution in [-0.4, -0.2) is 5.91 Å². The van der Waals surface area contributed by atoms with E-state index in [2.05, 4.69) is 12.2 Å².